The lowest BCUT2D eigenvalue weighted by Crippen LogP contribution is -2.26. The van der Waals surface area contributed by atoms with Crippen molar-refractivity contribution in [2.75, 3.05) is 25.1 Å². The van der Waals surface area contributed by atoms with Crippen LogP contribution in [0.4, 0.5) is 5.69 Å². The highest BCUT2D eigenvalue weighted by Crippen LogP contribution is 2.29. The first-order valence-electron chi connectivity index (χ1n) is 7.38. The summed E-state index contributed by atoms with van der Waals surface area (Å²) in [7, 11) is 1.71. The van der Waals surface area contributed by atoms with Crippen LogP contribution in [0.1, 0.15) is 17.5 Å². The Bertz CT molecular complexity index is 551. The Labute approximate surface area is 127 Å². The first-order valence-corrected chi connectivity index (χ1v) is 7.38. The molecule has 0 aromatic heterocycles. The minimum Gasteiger partial charge on any atom is -0.495 e. The fraction of sp³-hybridized carbons (Fsp3) is 0.333. The van der Waals surface area contributed by atoms with Crippen molar-refractivity contribution in [1.29, 1.82) is 0 Å². The summed E-state index contributed by atoms with van der Waals surface area (Å²) in [6.07, 6.45) is 0.962. The summed E-state index contributed by atoms with van der Waals surface area (Å²) in [5.74, 6) is 0.904. The van der Waals surface area contributed by atoms with Gasteiger partial charge in [-0.2, -0.15) is 0 Å². The van der Waals surface area contributed by atoms with Crippen LogP contribution < -0.4 is 15.4 Å². The fourth-order valence-electron chi connectivity index (χ4n) is 2.37. The minimum atomic E-state index is 0.694. The molecule has 0 atom stereocenters. The molecule has 112 valence electrons. The molecule has 0 amide bonds. The van der Waals surface area contributed by atoms with Gasteiger partial charge in [0.15, 0.2) is 0 Å². The Morgan fingerprint density at radius 3 is 2.43 bits per heavy atom. The summed E-state index contributed by atoms with van der Waals surface area (Å²) in [6.45, 7) is 4.58. The summed E-state index contributed by atoms with van der Waals surface area (Å²) >= 11 is 0. The smallest absolute Gasteiger partial charge is 0.142 e. The zero-order valence-electron chi connectivity index (χ0n) is 12.9. The summed E-state index contributed by atoms with van der Waals surface area (Å²) in [4.78, 5) is 2.33. The molecule has 0 aliphatic heterocycles. The lowest BCUT2D eigenvalue weighted by molar-refractivity contribution is 0.414. The lowest BCUT2D eigenvalue weighted by atomic mass is 10.1. The molecule has 0 saturated carbocycles. The first-order chi connectivity index (χ1) is 10.2. The molecule has 3 heteroatoms. The van der Waals surface area contributed by atoms with Crippen LogP contribution in [-0.4, -0.2) is 20.2 Å². The van der Waals surface area contributed by atoms with E-state index in [2.05, 4.69) is 42.2 Å². The predicted octanol–water partition coefficient (Wildman–Crippen LogP) is 3.36. The Morgan fingerprint density at radius 1 is 1.05 bits per heavy atom. The number of methoxy groups -OCH3 is 1. The molecule has 0 spiro atoms. The van der Waals surface area contributed by atoms with E-state index in [0.717, 1.165) is 30.9 Å². The van der Waals surface area contributed by atoms with Crippen LogP contribution in [0.15, 0.2) is 48.5 Å². The van der Waals surface area contributed by atoms with Gasteiger partial charge in [-0.1, -0.05) is 42.0 Å². The molecule has 0 aliphatic carbocycles. The van der Waals surface area contributed by atoms with Gasteiger partial charge in [-0.15, -0.1) is 0 Å². The molecule has 0 heterocycles. The van der Waals surface area contributed by atoms with Crippen LogP contribution in [0.5, 0.6) is 5.75 Å². The van der Waals surface area contributed by atoms with Crippen molar-refractivity contribution in [3.8, 4) is 5.75 Å². The number of nitrogens with two attached hydrogens (primary N) is 1. The Morgan fingerprint density at radius 2 is 1.76 bits per heavy atom. The molecule has 0 radical (unpaired) electrons. The normalized spacial score (nSPS) is 10.4. The van der Waals surface area contributed by atoms with Crippen molar-refractivity contribution in [3.63, 3.8) is 0 Å². The molecular formula is C18H24N2O. The molecular weight excluding hydrogens is 260 g/mol. The summed E-state index contributed by atoms with van der Waals surface area (Å²) < 4.78 is 5.49. The second-order valence-corrected chi connectivity index (χ2v) is 5.22. The number of ether oxygens (including phenoxy) is 1. The van der Waals surface area contributed by atoms with E-state index in [9.17, 15) is 0 Å². The molecule has 0 unspecified atom stereocenters. The maximum atomic E-state index is 5.68. The van der Waals surface area contributed by atoms with Crippen molar-refractivity contribution < 1.29 is 4.74 Å². The van der Waals surface area contributed by atoms with Crippen LogP contribution in [0.25, 0.3) is 0 Å². The van der Waals surface area contributed by atoms with Gasteiger partial charge in [0.1, 0.15) is 5.75 Å². The first kappa shape index (κ1) is 15.4. The minimum absolute atomic E-state index is 0.694. The van der Waals surface area contributed by atoms with Gasteiger partial charge < -0.3 is 15.4 Å². The van der Waals surface area contributed by atoms with E-state index in [4.69, 9.17) is 10.5 Å². The highest BCUT2D eigenvalue weighted by atomic mass is 16.5. The molecule has 0 bridgehead atoms. The van der Waals surface area contributed by atoms with Gasteiger partial charge >= 0.3 is 0 Å². The third-order valence-corrected chi connectivity index (χ3v) is 3.55. The SMILES string of the molecule is COc1ccccc1N(CCCN)Cc1ccc(C)cc1. The number of para-hydroxylation sites is 2. The van der Waals surface area contributed by atoms with E-state index in [0.29, 0.717) is 6.54 Å². The van der Waals surface area contributed by atoms with E-state index in [1.807, 2.05) is 18.2 Å². The van der Waals surface area contributed by atoms with Crippen molar-refractivity contribution in [2.45, 2.75) is 19.9 Å². The molecule has 2 N–H and O–H groups in total. The number of anilines is 1. The average molecular weight is 284 g/mol. The highest BCUT2D eigenvalue weighted by molar-refractivity contribution is 5.58. The summed E-state index contributed by atoms with van der Waals surface area (Å²) in [5.41, 5.74) is 9.38. The Balaban J connectivity index is 2.23. The molecule has 21 heavy (non-hydrogen) atoms. The third kappa shape index (κ3) is 4.23. The number of hydrogen-bond acceptors (Lipinski definition) is 3. The zero-order valence-corrected chi connectivity index (χ0v) is 12.9. The number of benzene rings is 2. The Kier molecular flexibility index (Phi) is 5.64. The van der Waals surface area contributed by atoms with Gasteiger partial charge in [-0.25, -0.2) is 0 Å². The van der Waals surface area contributed by atoms with Crippen LogP contribution in [0, 0.1) is 6.92 Å². The second-order valence-electron chi connectivity index (χ2n) is 5.22. The maximum absolute atomic E-state index is 5.68. The topological polar surface area (TPSA) is 38.5 Å². The van der Waals surface area contributed by atoms with E-state index in [1.54, 1.807) is 7.11 Å². The second kappa shape index (κ2) is 7.70. The van der Waals surface area contributed by atoms with Gasteiger partial charge in [-0.05, 0) is 37.6 Å². The number of aryl methyl sites for hydroxylation is 1. The number of nitrogens with zero attached hydrogens (tertiary/aromatic N) is 1. The number of hydrogen-bond donors (Lipinski definition) is 1. The monoisotopic (exact) mass is 284 g/mol. The molecule has 2 aromatic carbocycles. The van der Waals surface area contributed by atoms with E-state index in [-0.39, 0.29) is 0 Å². The predicted molar refractivity (Wildman–Crippen MR) is 88.9 cm³/mol. The van der Waals surface area contributed by atoms with Crippen molar-refractivity contribution >= 4 is 5.69 Å². The van der Waals surface area contributed by atoms with Crippen LogP contribution in [-0.2, 0) is 6.54 Å². The van der Waals surface area contributed by atoms with E-state index >= 15 is 0 Å². The standard InChI is InChI=1S/C18H24N2O/c1-15-8-10-16(11-9-15)14-20(13-5-12-19)17-6-3-4-7-18(17)21-2/h3-4,6-11H,5,12-14,19H2,1-2H3. The third-order valence-electron chi connectivity index (χ3n) is 3.55. The molecule has 3 nitrogen and oxygen atoms in total. The van der Waals surface area contributed by atoms with Crippen LogP contribution >= 0.6 is 0 Å². The fourth-order valence-corrected chi connectivity index (χ4v) is 2.37. The molecule has 0 fully saturated rings. The molecule has 0 saturated heterocycles. The van der Waals surface area contributed by atoms with Crippen molar-refractivity contribution in [2.24, 2.45) is 5.73 Å². The lowest BCUT2D eigenvalue weighted by Gasteiger charge is -2.26. The van der Waals surface area contributed by atoms with Crippen LogP contribution in [0.3, 0.4) is 0 Å². The average Bonchev–Trinajstić information content (AvgIpc) is 2.53. The van der Waals surface area contributed by atoms with Crippen LogP contribution in [0.2, 0.25) is 0 Å². The molecule has 2 aromatic rings. The van der Waals surface area contributed by atoms with E-state index < -0.39 is 0 Å². The van der Waals surface area contributed by atoms with E-state index in [1.165, 1.54) is 11.1 Å². The summed E-state index contributed by atoms with van der Waals surface area (Å²) in [5, 5.41) is 0. The summed E-state index contributed by atoms with van der Waals surface area (Å²) in [6, 6.07) is 16.8. The number of rotatable bonds is 7. The largest absolute Gasteiger partial charge is 0.495 e. The maximum Gasteiger partial charge on any atom is 0.142 e. The molecule has 2 rings (SSSR count). The zero-order chi connectivity index (χ0) is 15.1. The van der Waals surface area contributed by atoms with Gasteiger partial charge in [0.05, 0.1) is 12.8 Å². The van der Waals surface area contributed by atoms with Crippen molar-refractivity contribution in [3.05, 3.63) is 59.7 Å². The van der Waals surface area contributed by atoms with Gasteiger partial charge in [0, 0.05) is 13.1 Å². The van der Waals surface area contributed by atoms with Crippen molar-refractivity contribution in [1.82, 2.24) is 0 Å². The molecule has 0 aliphatic rings. The van der Waals surface area contributed by atoms with Gasteiger partial charge in [0.25, 0.3) is 0 Å². The van der Waals surface area contributed by atoms with Gasteiger partial charge in [0.2, 0.25) is 0 Å². The quantitative estimate of drug-likeness (QED) is 0.847. The highest BCUT2D eigenvalue weighted by Gasteiger charge is 2.11. The Hall–Kier alpha value is -2.00. The van der Waals surface area contributed by atoms with Gasteiger partial charge in [-0.3, -0.25) is 0 Å².